The van der Waals surface area contributed by atoms with Crippen LogP contribution in [-0.4, -0.2) is 53.3 Å². The molecule has 4 amide bonds. The summed E-state index contributed by atoms with van der Waals surface area (Å²) in [7, 11) is 0. The zero-order valence-corrected chi connectivity index (χ0v) is 11.0. The van der Waals surface area contributed by atoms with Crippen molar-refractivity contribution in [3.63, 3.8) is 0 Å². The van der Waals surface area contributed by atoms with Crippen molar-refractivity contribution in [3.05, 3.63) is 0 Å². The fourth-order valence-corrected chi connectivity index (χ4v) is 1.34. The smallest absolute Gasteiger partial charge is 0.326 e. The van der Waals surface area contributed by atoms with Gasteiger partial charge in [-0.15, -0.1) is 0 Å². The summed E-state index contributed by atoms with van der Waals surface area (Å²) in [6.07, 6.45) is -1.20. The number of amides is 4. The Hall–Kier alpha value is -2.69. The molecule has 0 aromatic carbocycles. The molecule has 0 rings (SSSR count). The summed E-state index contributed by atoms with van der Waals surface area (Å²) >= 11 is 0. The van der Waals surface area contributed by atoms with Gasteiger partial charge < -0.3 is 32.9 Å². The largest absolute Gasteiger partial charge is 0.480 e. The molecule has 11 nitrogen and oxygen atoms in total. The van der Waals surface area contributed by atoms with Crippen LogP contribution < -0.4 is 27.8 Å². The number of primary amides is 2. The van der Waals surface area contributed by atoms with E-state index in [1.807, 2.05) is 5.32 Å². The third-order valence-electron chi connectivity index (χ3n) is 2.26. The molecular weight excluding hydrogens is 286 g/mol. The fraction of sp³-hybridized carbons (Fsp3) is 0.500. The first-order valence-electron chi connectivity index (χ1n) is 5.76. The van der Waals surface area contributed by atoms with Gasteiger partial charge >= 0.3 is 5.97 Å². The Labute approximate surface area is 119 Å². The lowest BCUT2D eigenvalue weighted by Crippen LogP contribution is -2.54. The molecule has 0 aliphatic carbocycles. The summed E-state index contributed by atoms with van der Waals surface area (Å²) < 4.78 is 0. The van der Waals surface area contributed by atoms with Gasteiger partial charge in [0.1, 0.15) is 12.1 Å². The van der Waals surface area contributed by atoms with E-state index in [1.165, 1.54) is 0 Å². The van der Waals surface area contributed by atoms with Crippen molar-refractivity contribution in [2.45, 2.75) is 24.9 Å². The van der Waals surface area contributed by atoms with Gasteiger partial charge in [0.25, 0.3) is 0 Å². The van der Waals surface area contributed by atoms with Crippen LogP contribution in [0.15, 0.2) is 0 Å². The minimum Gasteiger partial charge on any atom is -0.480 e. The third-order valence-corrected chi connectivity index (χ3v) is 2.26. The second-order valence-electron chi connectivity index (χ2n) is 4.06. The molecule has 118 valence electrons. The molecule has 0 bridgehead atoms. The normalized spacial score (nSPS) is 12.8. The second kappa shape index (κ2) is 8.47. The molecule has 0 radical (unpaired) electrons. The van der Waals surface area contributed by atoms with E-state index in [-0.39, 0.29) is 0 Å². The van der Waals surface area contributed by atoms with E-state index in [0.717, 1.165) is 0 Å². The first kappa shape index (κ1) is 18.3. The number of rotatable bonds is 9. The molecule has 9 N–H and O–H groups in total. The van der Waals surface area contributed by atoms with Crippen LogP contribution in [-0.2, 0) is 24.0 Å². The van der Waals surface area contributed by atoms with Crippen LogP contribution >= 0.6 is 0 Å². The highest BCUT2D eigenvalue weighted by Crippen LogP contribution is 1.97. The molecule has 0 saturated heterocycles. The number of carbonyl (C=O) groups excluding carboxylic acids is 4. The van der Waals surface area contributed by atoms with E-state index < -0.39 is 61.1 Å². The fourth-order valence-electron chi connectivity index (χ4n) is 1.34. The predicted molar refractivity (Wildman–Crippen MR) is 68.2 cm³/mol. The van der Waals surface area contributed by atoms with E-state index in [4.69, 9.17) is 22.3 Å². The van der Waals surface area contributed by atoms with E-state index >= 15 is 0 Å². The standard InChI is InChI=1S/C10H17N5O6/c11-3-8(18)14-4(1-6(12)16)9(19)15-5(10(20)21)2-7(13)17/h4-5H,1-3,11H2,(H2,12,16)(H2,13,17)(H,14,18)(H,15,19)(H,20,21). The highest BCUT2D eigenvalue weighted by atomic mass is 16.4. The SMILES string of the molecule is NCC(=O)NC(CC(N)=O)C(=O)NC(CC(N)=O)C(=O)O. The lowest BCUT2D eigenvalue weighted by molar-refractivity contribution is -0.143. The minimum absolute atomic E-state index is 0.438. The van der Waals surface area contributed by atoms with E-state index in [2.05, 4.69) is 5.32 Å². The van der Waals surface area contributed by atoms with Crippen LogP contribution in [0.3, 0.4) is 0 Å². The van der Waals surface area contributed by atoms with E-state index in [0.29, 0.717) is 0 Å². The number of hydrogen-bond acceptors (Lipinski definition) is 6. The summed E-state index contributed by atoms with van der Waals surface area (Å²) in [6.45, 7) is -0.438. The first-order chi connectivity index (χ1) is 9.67. The number of nitrogens with one attached hydrogen (secondary N) is 2. The van der Waals surface area contributed by atoms with Gasteiger partial charge in [0.2, 0.25) is 23.6 Å². The average Bonchev–Trinajstić information content (AvgIpc) is 2.35. The monoisotopic (exact) mass is 303 g/mol. The molecule has 2 atom stereocenters. The molecular formula is C10H17N5O6. The zero-order valence-electron chi connectivity index (χ0n) is 11.0. The van der Waals surface area contributed by atoms with Gasteiger partial charge in [-0.2, -0.15) is 0 Å². The molecule has 0 spiro atoms. The van der Waals surface area contributed by atoms with Crippen molar-refractivity contribution in [2.75, 3.05) is 6.54 Å². The molecule has 0 fully saturated rings. The van der Waals surface area contributed by atoms with Gasteiger partial charge in [-0.05, 0) is 0 Å². The Balaban J connectivity index is 4.91. The summed E-state index contributed by atoms with van der Waals surface area (Å²) in [5.74, 6) is -5.07. The van der Waals surface area contributed by atoms with Crippen LogP contribution in [0.4, 0.5) is 0 Å². The van der Waals surface area contributed by atoms with Crippen molar-refractivity contribution < 1.29 is 29.1 Å². The van der Waals surface area contributed by atoms with Crippen molar-refractivity contribution in [1.29, 1.82) is 0 Å². The Morgan fingerprint density at radius 2 is 1.38 bits per heavy atom. The number of carboxylic acid groups (broad SMARTS) is 1. The van der Waals surface area contributed by atoms with Gasteiger partial charge in [-0.3, -0.25) is 19.2 Å². The highest BCUT2D eigenvalue weighted by Gasteiger charge is 2.28. The summed E-state index contributed by atoms with van der Waals surface area (Å²) in [5.41, 5.74) is 14.8. The number of hydrogen-bond donors (Lipinski definition) is 6. The maximum Gasteiger partial charge on any atom is 0.326 e. The van der Waals surface area contributed by atoms with Crippen molar-refractivity contribution in [2.24, 2.45) is 17.2 Å². The van der Waals surface area contributed by atoms with Gasteiger partial charge in [-0.1, -0.05) is 0 Å². The first-order valence-corrected chi connectivity index (χ1v) is 5.76. The Bertz CT molecular complexity index is 451. The lowest BCUT2D eigenvalue weighted by atomic mass is 10.1. The minimum atomic E-state index is -1.58. The van der Waals surface area contributed by atoms with Crippen LogP contribution in [0.1, 0.15) is 12.8 Å². The number of carboxylic acids is 1. The number of aliphatic carboxylic acids is 1. The molecule has 0 saturated carbocycles. The topological polar surface area (TPSA) is 208 Å². The molecule has 0 aliphatic rings. The van der Waals surface area contributed by atoms with Crippen molar-refractivity contribution >= 4 is 29.6 Å². The maximum atomic E-state index is 11.8. The molecule has 0 aromatic rings. The molecule has 21 heavy (non-hydrogen) atoms. The van der Waals surface area contributed by atoms with E-state index in [9.17, 15) is 24.0 Å². The molecule has 0 aromatic heterocycles. The van der Waals surface area contributed by atoms with Crippen LogP contribution in [0.5, 0.6) is 0 Å². The second-order valence-corrected chi connectivity index (χ2v) is 4.06. The van der Waals surface area contributed by atoms with Crippen LogP contribution in [0.2, 0.25) is 0 Å². The van der Waals surface area contributed by atoms with Crippen molar-refractivity contribution in [1.82, 2.24) is 10.6 Å². The zero-order chi connectivity index (χ0) is 16.6. The summed E-state index contributed by atoms with van der Waals surface area (Å²) in [5, 5.41) is 12.9. The number of nitrogens with two attached hydrogens (primary N) is 3. The quantitative estimate of drug-likeness (QED) is 0.247. The van der Waals surface area contributed by atoms with Crippen LogP contribution in [0.25, 0.3) is 0 Å². The van der Waals surface area contributed by atoms with Crippen molar-refractivity contribution in [3.8, 4) is 0 Å². The molecule has 0 aliphatic heterocycles. The average molecular weight is 303 g/mol. The maximum absolute atomic E-state index is 11.8. The van der Waals surface area contributed by atoms with E-state index in [1.54, 1.807) is 0 Å². The summed E-state index contributed by atoms with van der Waals surface area (Å²) in [6, 6.07) is -2.98. The Morgan fingerprint density at radius 1 is 0.905 bits per heavy atom. The summed E-state index contributed by atoms with van der Waals surface area (Å²) in [4.78, 5) is 55.4. The lowest BCUT2D eigenvalue weighted by Gasteiger charge is -2.19. The van der Waals surface area contributed by atoms with Gasteiger partial charge in [0, 0.05) is 0 Å². The third kappa shape index (κ3) is 7.47. The van der Waals surface area contributed by atoms with Gasteiger partial charge in [0.15, 0.2) is 0 Å². The Kier molecular flexibility index (Phi) is 7.39. The molecule has 11 heteroatoms. The molecule has 0 heterocycles. The Morgan fingerprint density at radius 3 is 1.76 bits per heavy atom. The molecule has 2 unspecified atom stereocenters. The van der Waals surface area contributed by atoms with Gasteiger partial charge in [0.05, 0.1) is 19.4 Å². The predicted octanol–water partition coefficient (Wildman–Crippen LogP) is -4.25. The number of carbonyl (C=O) groups is 5. The van der Waals surface area contributed by atoms with Crippen LogP contribution in [0, 0.1) is 0 Å². The van der Waals surface area contributed by atoms with Gasteiger partial charge in [-0.25, -0.2) is 4.79 Å². The highest BCUT2D eigenvalue weighted by molar-refractivity contribution is 5.94.